The van der Waals surface area contributed by atoms with E-state index in [9.17, 15) is 0 Å². The minimum atomic E-state index is -0.395. The largest absolute Gasteiger partial charge is 0.457 e. The van der Waals surface area contributed by atoms with Gasteiger partial charge in [0.2, 0.25) is 0 Å². The lowest BCUT2D eigenvalue weighted by atomic mass is 9.64. The van der Waals surface area contributed by atoms with Crippen molar-refractivity contribution in [3.63, 3.8) is 0 Å². The molecule has 4 heteroatoms. The minimum absolute atomic E-state index is 0.321. The lowest BCUT2D eigenvalue weighted by Gasteiger charge is -2.41. The van der Waals surface area contributed by atoms with Crippen molar-refractivity contribution in [3.05, 3.63) is 502 Å². The Balaban J connectivity index is 0.000000115. The van der Waals surface area contributed by atoms with Gasteiger partial charge in [0.25, 0.3) is 0 Å². The highest BCUT2D eigenvalue weighted by atomic mass is 16.5. The van der Waals surface area contributed by atoms with E-state index in [4.69, 9.17) is 18.9 Å². The summed E-state index contributed by atoms with van der Waals surface area (Å²) in [7, 11) is 0. The number of hydrogen-bond donors (Lipinski definition) is 0. The molecule has 0 bridgehead atoms. The number of fused-ring (bicyclic) bond motifs is 22. The highest BCUT2D eigenvalue weighted by molar-refractivity contribution is 5.90. The smallest absolute Gasteiger partial charge is 0.132 e. The number of benzene rings is 16. The molecule has 0 amide bonds. The van der Waals surface area contributed by atoms with Crippen molar-refractivity contribution in [2.75, 3.05) is 0 Å². The summed E-state index contributed by atoms with van der Waals surface area (Å²) in [5.74, 6) is 7.43. The van der Waals surface area contributed by atoms with Crippen molar-refractivity contribution in [2.24, 2.45) is 0 Å². The summed E-state index contributed by atoms with van der Waals surface area (Å²) in [6, 6.07) is 145. The van der Waals surface area contributed by atoms with Crippen molar-refractivity contribution in [3.8, 4) is 68.2 Å². The molecule has 4 aliphatic heterocycles. The fourth-order valence-corrected chi connectivity index (χ4v) is 17.9. The zero-order chi connectivity index (χ0) is 77.1. The Morgan fingerprint density at radius 3 is 0.420 bits per heavy atom. The normalized spacial score (nSPS) is 13.6. The standard InChI is InChI=1S/2C25H16O.2C25H18O.4C2H6/c2*1-3-11-19-17(9-1)18-10-2-4-12-20(18)25(19)21-13-5-7-15-23(21)26-24-16-8-6-14-22(24)25;2*1-3-11-19(12-4-1)25(20-13-5-2-6-14-20)21-15-7-9-17-23(21)26-24-18-10-8-16-22(24)25;4*1-2/h2*1-16H;2*1-18H;4*1-2H3. The van der Waals surface area contributed by atoms with Gasteiger partial charge in [-0.15, -0.1) is 0 Å². The van der Waals surface area contributed by atoms with Crippen LogP contribution in [0.25, 0.3) is 22.3 Å². The first-order valence-corrected chi connectivity index (χ1v) is 39.7. The lowest BCUT2D eigenvalue weighted by molar-refractivity contribution is 0.434. The average Bonchev–Trinajstić information content (AvgIpc) is 1.54. The topological polar surface area (TPSA) is 36.9 Å². The maximum Gasteiger partial charge on any atom is 0.132 e. The van der Waals surface area contributed by atoms with Gasteiger partial charge in [-0.3, -0.25) is 0 Å². The Bertz CT molecular complexity index is 5000. The first kappa shape index (κ1) is 74.2. The van der Waals surface area contributed by atoms with E-state index in [0.29, 0.717) is 0 Å². The van der Waals surface area contributed by atoms with E-state index < -0.39 is 10.8 Å². The number of hydrogen-bond acceptors (Lipinski definition) is 4. The molecule has 0 saturated carbocycles. The highest BCUT2D eigenvalue weighted by Crippen LogP contribution is 2.65. The van der Waals surface area contributed by atoms with Crippen LogP contribution < -0.4 is 18.9 Å². The Morgan fingerprint density at radius 2 is 0.250 bits per heavy atom. The van der Waals surface area contributed by atoms with Crippen LogP contribution in [0.4, 0.5) is 0 Å². The van der Waals surface area contributed by atoms with E-state index in [1.54, 1.807) is 0 Å². The predicted octanol–water partition coefficient (Wildman–Crippen LogP) is 28.8. The number of para-hydroxylation sites is 8. The van der Waals surface area contributed by atoms with E-state index in [1.807, 2.05) is 104 Å². The first-order chi connectivity index (χ1) is 55.6. The van der Waals surface area contributed by atoms with E-state index in [2.05, 4.69) is 364 Å². The van der Waals surface area contributed by atoms with Crippen LogP contribution in [0, 0.1) is 0 Å². The maximum atomic E-state index is 6.29. The third-order valence-corrected chi connectivity index (χ3v) is 21.9. The van der Waals surface area contributed by atoms with Crippen molar-refractivity contribution in [2.45, 2.75) is 77.0 Å². The zero-order valence-electron chi connectivity index (χ0n) is 64.9. The Hall–Kier alpha value is -13.3. The fraction of sp³-hybridized carbons (Fsp3) is 0.111. The van der Waals surface area contributed by atoms with Crippen LogP contribution in [-0.2, 0) is 21.7 Å². The molecule has 2 spiro atoms. The second kappa shape index (κ2) is 32.9. The van der Waals surface area contributed by atoms with Gasteiger partial charge < -0.3 is 18.9 Å². The summed E-state index contributed by atoms with van der Waals surface area (Å²) < 4.78 is 25.1. The third kappa shape index (κ3) is 12.1. The maximum absolute atomic E-state index is 6.29. The zero-order valence-corrected chi connectivity index (χ0v) is 64.9. The monoisotopic (exact) mass is 1450 g/mol. The summed E-state index contributed by atoms with van der Waals surface area (Å²) in [4.78, 5) is 0. The van der Waals surface area contributed by atoms with Crippen molar-refractivity contribution < 1.29 is 18.9 Å². The molecule has 0 saturated heterocycles. The van der Waals surface area contributed by atoms with Crippen LogP contribution in [-0.4, -0.2) is 0 Å². The van der Waals surface area contributed by atoms with Gasteiger partial charge in [0.1, 0.15) is 46.0 Å². The molecular weight excluding hydrogens is 1360 g/mol. The molecule has 6 aliphatic rings. The molecule has 0 fully saturated rings. The van der Waals surface area contributed by atoms with Gasteiger partial charge in [0, 0.05) is 44.5 Å². The Labute approximate surface area is 661 Å². The summed E-state index contributed by atoms with van der Waals surface area (Å²) in [5, 5.41) is 0. The van der Waals surface area contributed by atoms with E-state index in [-0.39, 0.29) is 10.8 Å². The van der Waals surface area contributed by atoms with Crippen molar-refractivity contribution in [1.29, 1.82) is 0 Å². The SMILES string of the molecule is CC.CC.CC.CC.c1ccc(C2(c3ccccc3)c3ccccc3Oc3ccccc32)cc1.c1ccc(C2(c3ccccc3)c3ccccc3Oc3ccccc32)cc1.c1ccc2c(c1)Oc1ccccc1C21c2ccccc2-c2ccccc21.c1ccc2c(c1)Oc1ccccc1C21c2ccccc2-c2ccccc21. The summed E-state index contributed by atoms with van der Waals surface area (Å²) in [6.07, 6.45) is 0. The molecule has 0 N–H and O–H groups in total. The van der Waals surface area contributed by atoms with Crippen LogP contribution in [0.1, 0.15) is 144 Å². The van der Waals surface area contributed by atoms with Crippen LogP contribution in [0.3, 0.4) is 0 Å². The van der Waals surface area contributed by atoms with Crippen molar-refractivity contribution >= 4 is 0 Å². The van der Waals surface area contributed by atoms with Gasteiger partial charge in [-0.05, 0) is 115 Å². The van der Waals surface area contributed by atoms with Gasteiger partial charge in [-0.2, -0.15) is 0 Å². The molecule has 22 rings (SSSR count). The van der Waals surface area contributed by atoms with E-state index in [0.717, 1.165) is 46.0 Å². The molecule has 0 radical (unpaired) electrons. The number of ether oxygens (including phenoxy) is 4. The molecule has 4 heterocycles. The predicted molar refractivity (Wildman–Crippen MR) is 463 cm³/mol. The molecule has 4 nitrogen and oxygen atoms in total. The number of rotatable bonds is 4. The lowest BCUT2D eigenvalue weighted by Crippen LogP contribution is -2.34. The quantitative estimate of drug-likeness (QED) is 0.176. The first-order valence-electron chi connectivity index (χ1n) is 39.7. The molecule has 16 aromatic carbocycles. The molecule has 548 valence electrons. The molecule has 0 aromatic heterocycles. The van der Waals surface area contributed by atoms with Gasteiger partial charge >= 0.3 is 0 Å². The van der Waals surface area contributed by atoms with Crippen LogP contribution >= 0.6 is 0 Å². The average molecular weight is 1450 g/mol. The van der Waals surface area contributed by atoms with Crippen LogP contribution in [0.15, 0.2) is 413 Å². The molecular formula is C108H92O4. The molecule has 2 aliphatic carbocycles. The Kier molecular flexibility index (Phi) is 21.8. The highest BCUT2D eigenvalue weighted by Gasteiger charge is 2.53. The molecule has 112 heavy (non-hydrogen) atoms. The molecule has 0 unspecified atom stereocenters. The fourth-order valence-electron chi connectivity index (χ4n) is 17.9. The third-order valence-electron chi connectivity index (χ3n) is 21.9. The second-order valence-corrected chi connectivity index (χ2v) is 27.0. The summed E-state index contributed by atoms with van der Waals surface area (Å²) in [6.45, 7) is 16.0. The minimum Gasteiger partial charge on any atom is -0.457 e. The molecule has 16 aromatic rings. The van der Waals surface area contributed by atoms with Gasteiger partial charge in [-0.25, -0.2) is 0 Å². The van der Waals surface area contributed by atoms with Crippen LogP contribution in [0.5, 0.6) is 46.0 Å². The summed E-state index contributed by atoms with van der Waals surface area (Å²) >= 11 is 0. The second-order valence-electron chi connectivity index (χ2n) is 27.0. The molecule has 0 atom stereocenters. The summed E-state index contributed by atoms with van der Waals surface area (Å²) in [5.41, 5.74) is 23.7. The van der Waals surface area contributed by atoms with Gasteiger partial charge in [0.05, 0.1) is 21.7 Å². The van der Waals surface area contributed by atoms with Gasteiger partial charge in [0.15, 0.2) is 0 Å². The van der Waals surface area contributed by atoms with Gasteiger partial charge in [-0.1, -0.05) is 419 Å². The Morgan fingerprint density at radius 1 is 0.125 bits per heavy atom. The van der Waals surface area contributed by atoms with E-state index >= 15 is 0 Å². The van der Waals surface area contributed by atoms with Crippen LogP contribution in [0.2, 0.25) is 0 Å². The van der Waals surface area contributed by atoms with Crippen molar-refractivity contribution in [1.82, 2.24) is 0 Å². The van der Waals surface area contributed by atoms with E-state index in [1.165, 1.54) is 111 Å².